The summed E-state index contributed by atoms with van der Waals surface area (Å²) < 4.78 is 0. The maximum absolute atomic E-state index is 5.84. The highest BCUT2D eigenvalue weighted by Gasteiger charge is 2.23. The third-order valence-electron chi connectivity index (χ3n) is 3.16. The number of hydrogen-bond acceptors (Lipinski definition) is 2. The van der Waals surface area contributed by atoms with Crippen molar-refractivity contribution in [3.05, 3.63) is 0 Å². The smallest absolute Gasteiger partial charge is 0.00683 e. The normalized spacial score (nSPS) is 36.8. The summed E-state index contributed by atoms with van der Waals surface area (Å²) in [6.07, 6.45) is 8.01. The Morgan fingerprint density at radius 1 is 1.00 bits per heavy atom. The van der Waals surface area contributed by atoms with E-state index in [0.29, 0.717) is 6.04 Å². The Balaban J connectivity index is 1.60. The van der Waals surface area contributed by atoms with Gasteiger partial charge in [-0.3, -0.25) is 0 Å². The Bertz CT molecular complexity index is 135. The van der Waals surface area contributed by atoms with Crippen molar-refractivity contribution in [2.24, 2.45) is 11.7 Å². The quantitative estimate of drug-likeness (QED) is 0.665. The van der Waals surface area contributed by atoms with Crippen molar-refractivity contribution in [1.29, 1.82) is 0 Å². The van der Waals surface area contributed by atoms with Crippen LogP contribution in [0.2, 0.25) is 0 Å². The third kappa shape index (κ3) is 2.46. The third-order valence-corrected chi connectivity index (χ3v) is 3.16. The molecular weight excluding hydrogens is 148 g/mol. The van der Waals surface area contributed by atoms with Gasteiger partial charge in [0, 0.05) is 12.1 Å². The lowest BCUT2D eigenvalue weighted by atomic mass is 9.86. The fourth-order valence-corrected chi connectivity index (χ4v) is 2.01. The van der Waals surface area contributed by atoms with E-state index in [9.17, 15) is 0 Å². The maximum atomic E-state index is 5.84. The SMILES string of the molecule is N[C@H]1CC[C@H](CNC2CC2)CC1. The first-order valence-electron chi connectivity index (χ1n) is 5.33. The molecule has 2 aliphatic rings. The summed E-state index contributed by atoms with van der Waals surface area (Å²) in [5.41, 5.74) is 5.84. The number of nitrogens with one attached hydrogen (secondary N) is 1. The molecule has 2 saturated carbocycles. The van der Waals surface area contributed by atoms with Crippen LogP contribution in [0.4, 0.5) is 0 Å². The molecule has 70 valence electrons. The highest BCUT2D eigenvalue weighted by Crippen LogP contribution is 2.24. The average Bonchev–Trinajstić information content (AvgIpc) is 2.87. The lowest BCUT2D eigenvalue weighted by molar-refractivity contribution is 0.314. The molecular formula is C10H20N2. The minimum absolute atomic E-state index is 0.502. The Hall–Kier alpha value is -0.0800. The molecule has 0 amide bonds. The van der Waals surface area contributed by atoms with Crippen molar-refractivity contribution in [2.45, 2.75) is 50.6 Å². The van der Waals surface area contributed by atoms with Crippen molar-refractivity contribution in [3.63, 3.8) is 0 Å². The first kappa shape index (κ1) is 8.52. The first-order chi connectivity index (χ1) is 5.84. The summed E-state index contributed by atoms with van der Waals surface area (Å²) in [6.45, 7) is 1.25. The van der Waals surface area contributed by atoms with Gasteiger partial charge in [0.15, 0.2) is 0 Å². The van der Waals surface area contributed by atoms with Gasteiger partial charge in [-0.1, -0.05) is 0 Å². The van der Waals surface area contributed by atoms with E-state index in [4.69, 9.17) is 5.73 Å². The maximum Gasteiger partial charge on any atom is 0.00683 e. The summed E-state index contributed by atoms with van der Waals surface area (Å²) >= 11 is 0. The molecule has 12 heavy (non-hydrogen) atoms. The molecule has 2 heteroatoms. The minimum Gasteiger partial charge on any atom is -0.328 e. The van der Waals surface area contributed by atoms with Crippen molar-refractivity contribution in [2.75, 3.05) is 6.54 Å². The lowest BCUT2D eigenvalue weighted by Crippen LogP contribution is -2.32. The molecule has 0 atom stereocenters. The van der Waals surface area contributed by atoms with Crippen molar-refractivity contribution in [3.8, 4) is 0 Å². The van der Waals surface area contributed by atoms with Gasteiger partial charge in [-0.25, -0.2) is 0 Å². The Kier molecular flexibility index (Phi) is 2.66. The minimum atomic E-state index is 0.502. The predicted molar refractivity (Wildman–Crippen MR) is 51.0 cm³/mol. The van der Waals surface area contributed by atoms with Crippen LogP contribution < -0.4 is 11.1 Å². The zero-order chi connectivity index (χ0) is 8.39. The summed E-state index contributed by atoms with van der Waals surface area (Å²) in [7, 11) is 0. The van der Waals surface area contributed by atoms with Crippen molar-refractivity contribution >= 4 is 0 Å². The fourth-order valence-electron chi connectivity index (χ4n) is 2.01. The zero-order valence-corrected chi connectivity index (χ0v) is 7.76. The second kappa shape index (κ2) is 3.75. The van der Waals surface area contributed by atoms with Gasteiger partial charge in [0.05, 0.1) is 0 Å². The lowest BCUT2D eigenvalue weighted by Gasteiger charge is -2.26. The van der Waals surface area contributed by atoms with E-state index in [1.165, 1.54) is 45.1 Å². The number of rotatable bonds is 3. The molecule has 0 unspecified atom stereocenters. The molecule has 0 aromatic rings. The molecule has 0 saturated heterocycles. The van der Waals surface area contributed by atoms with Crippen LogP contribution >= 0.6 is 0 Å². The van der Waals surface area contributed by atoms with Crippen LogP contribution in [-0.2, 0) is 0 Å². The van der Waals surface area contributed by atoms with Crippen LogP contribution in [0.25, 0.3) is 0 Å². The zero-order valence-electron chi connectivity index (χ0n) is 7.76. The Morgan fingerprint density at radius 2 is 1.67 bits per heavy atom. The van der Waals surface area contributed by atoms with Gasteiger partial charge >= 0.3 is 0 Å². The second-order valence-electron chi connectivity index (χ2n) is 4.46. The van der Waals surface area contributed by atoms with Crippen LogP contribution in [0, 0.1) is 5.92 Å². The molecule has 0 radical (unpaired) electrons. The van der Waals surface area contributed by atoms with E-state index in [2.05, 4.69) is 5.32 Å². The molecule has 0 heterocycles. The summed E-state index contributed by atoms with van der Waals surface area (Å²) in [5, 5.41) is 3.60. The summed E-state index contributed by atoms with van der Waals surface area (Å²) in [6, 6.07) is 1.38. The largest absolute Gasteiger partial charge is 0.328 e. The van der Waals surface area contributed by atoms with Crippen molar-refractivity contribution < 1.29 is 0 Å². The standard InChI is InChI=1S/C10H20N2/c11-9-3-1-8(2-4-9)7-12-10-5-6-10/h8-10,12H,1-7,11H2/t8-,9-. The van der Waals surface area contributed by atoms with Crippen LogP contribution in [-0.4, -0.2) is 18.6 Å². The molecule has 0 spiro atoms. The molecule has 0 aromatic carbocycles. The fraction of sp³-hybridized carbons (Fsp3) is 1.00. The molecule has 0 bridgehead atoms. The van der Waals surface area contributed by atoms with Gasteiger partial charge in [-0.2, -0.15) is 0 Å². The number of nitrogens with two attached hydrogens (primary N) is 1. The number of hydrogen-bond donors (Lipinski definition) is 2. The monoisotopic (exact) mass is 168 g/mol. The van der Waals surface area contributed by atoms with Crippen LogP contribution in [0.3, 0.4) is 0 Å². The topological polar surface area (TPSA) is 38.0 Å². The summed E-state index contributed by atoms with van der Waals surface area (Å²) in [4.78, 5) is 0. The molecule has 3 N–H and O–H groups in total. The van der Waals surface area contributed by atoms with Gasteiger partial charge in [-0.15, -0.1) is 0 Å². The highest BCUT2D eigenvalue weighted by molar-refractivity contribution is 4.83. The van der Waals surface area contributed by atoms with Gasteiger partial charge in [-0.05, 0) is 51.0 Å². The molecule has 0 aromatic heterocycles. The van der Waals surface area contributed by atoms with Crippen LogP contribution in [0.15, 0.2) is 0 Å². The van der Waals surface area contributed by atoms with E-state index in [1.54, 1.807) is 0 Å². The van der Waals surface area contributed by atoms with E-state index < -0.39 is 0 Å². The molecule has 2 fully saturated rings. The molecule has 2 rings (SSSR count). The van der Waals surface area contributed by atoms with Crippen LogP contribution in [0.1, 0.15) is 38.5 Å². The Morgan fingerprint density at radius 3 is 2.25 bits per heavy atom. The first-order valence-corrected chi connectivity index (χ1v) is 5.33. The van der Waals surface area contributed by atoms with Gasteiger partial charge in [0.1, 0.15) is 0 Å². The van der Waals surface area contributed by atoms with E-state index in [0.717, 1.165) is 12.0 Å². The van der Waals surface area contributed by atoms with E-state index >= 15 is 0 Å². The van der Waals surface area contributed by atoms with E-state index in [1.807, 2.05) is 0 Å². The average molecular weight is 168 g/mol. The van der Waals surface area contributed by atoms with Crippen molar-refractivity contribution in [1.82, 2.24) is 5.32 Å². The highest BCUT2D eigenvalue weighted by atomic mass is 14.9. The predicted octanol–water partition coefficient (Wildman–Crippen LogP) is 1.26. The van der Waals surface area contributed by atoms with E-state index in [-0.39, 0.29) is 0 Å². The summed E-state index contributed by atoms with van der Waals surface area (Å²) in [5.74, 6) is 0.922. The van der Waals surface area contributed by atoms with Gasteiger partial charge in [0.25, 0.3) is 0 Å². The van der Waals surface area contributed by atoms with Crippen LogP contribution in [0.5, 0.6) is 0 Å². The van der Waals surface area contributed by atoms with Gasteiger partial charge in [0.2, 0.25) is 0 Å². The van der Waals surface area contributed by atoms with Gasteiger partial charge < -0.3 is 11.1 Å². The molecule has 2 nitrogen and oxygen atoms in total. The Labute approximate surface area is 74.9 Å². The second-order valence-corrected chi connectivity index (χ2v) is 4.46. The molecule has 2 aliphatic carbocycles. The molecule has 0 aliphatic heterocycles.